The van der Waals surface area contributed by atoms with Crippen molar-refractivity contribution < 1.29 is 13.6 Å². The van der Waals surface area contributed by atoms with Crippen LogP contribution in [0.3, 0.4) is 0 Å². The summed E-state index contributed by atoms with van der Waals surface area (Å²) in [5, 5.41) is 0. The minimum Gasteiger partial charge on any atom is -0.289 e. The van der Waals surface area contributed by atoms with Crippen LogP contribution in [-0.2, 0) is 4.79 Å². The Morgan fingerprint density at radius 2 is 2.33 bits per heavy atom. The van der Waals surface area contributed by atoms with Gasteiger partial charge >= 0.3 is 6.05 Å². The van der Waals surface area contributed by atoms with E-state index in [4.69, 9.17) is 0 Å². The van der Waals surface area contributed by atoms with Gasteiger partial charge in [-0.25, -0.2) is 4.90 Å². The molecule has 0 amide bonds. The molecule has 4 heteroatoms. The quantitative estimate of drug-likeness (QED) is 0.308. The van der Waals surface area contributed by atoms with Crippen LogP contribution in [0.2, 0.25) is 0 Å². The second-order valence-electron chi connectivity index (χ2n) is 2.74. The average molecular weight is 173 g/mol. The maximum Gasteiger partial charge on any atom is 0.305 e. The lowest BCUT2D eigenvalue weighted by atomic mass is 10.2. The zero-order valence-corrected chi connectivity index (χ0v) is 6.68. The molecule has 0 bridgehead atoms. The highest BCUT2D eigenvalue weighted by Gasteiger charge is 2.44. The summed E-state index contributed by atoms with van der Waals surface area (Å²) in [6.07, 6.45) is 0.566. The highest BCUT2D eigenvalue weighted by Crippen LogP contribution is 2.34. The molecule has 1 rings (SSSR count). The van der Waals surface area contributed by atoms with Gasteiger partial charge in [0.2, 0.25) is 0 Å². The number of alkyl halides is 2. The molecule has 66 valence electrons. The highest BCUT2D eigenvalue weighted by atomic mass is 19.3. The van der Waals surface area contributed by atoms with Crippen molar-refractivity contribution in [2.45, 2.75) is 24.9 Å². The first-order chi connectivity index (χ1) is 5.58. The molecule has 0 N–H and O–H groups in total. The van der Waals surface area contributed by atoms with Gasteiger partial charge in [0.25, 0.3) is 0 Å². The molecule has 0 radical (unpaired) electrons. The van der Waals surface area contributed by atoms with Gasteiger partial charge in [-0.1, -0.05) is 5.92 Å². The fourth-order valence-electron chi connectivity index (χ4n) is 1.21. The van der Waals surface area contributed by atoms with Crippen molar-refractivity contribution in [3.63, 3.8) is 0 Å². The molecule has 0 aliphatic carbocycles. The molecule has 0 aromatic carbocycles. The van der Waals surface area contributed by atoms with E-state index in [9.17, 15) is 13.6 Å². The summed E-state index contributed by atoms with van der Waals surface area (Å²) >= 11 is 0. The van der Waals surface area contributed by atoms with Crippen LogP contribution in [0, 0.1) is 11.8 Å². The zero-order chi connectivity index (χ0) is 9.19. The molecular weight excluding hydrogens is 164 g/mol. The normalized spacial score (nSPS) is 27.8. The van der Waals surface area contributed by atoms with Crippen molar-refractivity contribution in [2.24, 2.45) is 0 Å². The van der Waals surface area contributed by atoms with Crippen molar-refractivity contribution in [3.8, 4) is 11.8 Å². The van der Waals surface area contributed by atoms with E-state index in [1.807, 2.05) is 0 Å². The lowest BCUT2D eigenvalue weighted by molar-refractivity contribution is -0.112. The van der Waals surface area contributed by atoms with Crippen LogP contribution in [0.4, 0.5) is 8.78 Å². The van der Waals surface area contributed by atoms with Gasteiger partial charge in [-0.15, -0.1) is 0 Å². The molecule has 1 heterocycles. The molecule has 2 nitrogen and oxygen atoms in total. The van der Waals surface area contributed by atoms with Crippen molar-refractivity contribution in [3.05, 3.63) is 0 Å². The molecule has 0 aromatic rings. The molecule has 1 unspecified atom stereocenters. The maximum atomic E-state index is 12.8. The van der Waals surface area contributed by atoms with Crippen LogP contribution < -0.4 is 0 Å². The van der Waals surface area contributed by atoms with Crippen LogP contribution in [-0.4, -0.2) is 30.3 Å². The van der Waals surface area contributed by atoms with Crippen molar-refractivity contribution in [1.29, 1.82) is 0 Å². The maximum absolute atomic E-state index is 12.8. The first-order valence-corrected chi connectivity index (χ1v) is 3.63. The molecule has 0 saturated carbocycles. The smallest absolute Gasteiger partial charge is 0.289 e. The topological polar surface area (TPSA) is 20.3 Å². The second kappa shape index (κ2) is 3.20. The van der Waals surface area contributed by atoms with Gasteiger partial charge in [0.1, 0.15) is 0 Å². The lowest BCUT2D eigenvalue weighted by Gasteiger charge is -2.21. The summed E-state index contributed by atoms with van der Waals surface area (Å²) in [7, 11) is 1.32. The van der Waals surface area contributed by atoms with Crippen molar-refractivity contribution >= 4 is 6.29 Å². The number of aldehydes is 1. The fourth-order valence-corrected chi connectivity index (χ4v) is 1.21. The number of likely N-dealkylation sites (tertiary alicyclic amines) is 1. The summed E-state index contributed by atoms with van der Waals surface area (Å²) in [4.78, 5) is 10.8. The summed E-state index contributed by atoms with van der Waals surface area (Å²) in [5.74, 6) is 4.62. The number of carbonyl (C=O) groups excluding carboxylic acids is 1. The van der Waals surface area contributed by atoms with E-state index in [1.54, 1.807) is 0 Å². The van der Waals surface area contributed by atoms with Crippen LogP contribution in [0.25, 0.3) is 0 Å². The van der Waals surface area contributed by atoms with Gasteiger partial charge in [0.05, 0.1) is 6.04 Å². The lowest BCUT2D eigenvalue weighted by Crippen LogP contribution is -2.36. The zero-order valence-electron chi connectivity index (χ0n) is 6.68. The number of hydrogen-bond donors (Lipinski definition) is 0. The van der Waals surface area contributed by atoms with E-state index >= 15 is 0 Å². The van der Waals surface area contributed by atoms with Gasteiger partial charge in [-0.3, -0.25) is 4.79 Å². The summed E-state index contributed by atoms with van der Waals surface area (Å²) in [5.41, 5.74) is 0. The highest BCUT2D eigenvalue weighted by molar-refractivity contribution is 5.72. The first-order valence-electron chi connectivity index (χ1n) is 3.63. The predicted octanol–water partition coefficient (Wildman–Crippen LogP) is 0.876. The third-order valence-electron chi connectivity index (χ3n) is 2.01. The minimum atomic E-state index is -2.76. The summed E-state index contributed by atoms with van der Waals surface area (Å²) in [6, 6.07) is -3.24. The predicted molar refractivity (Wildman–Crippen MR) is 39.6 cm³/mol. The fraction of sp³-hybridized carbons (Fsp3) is 0.625. The standard InChI is InChI=1S/C8H9F2NO/c1-11-7(3-2-6-12)4-5-8(11,9)10/h6-7H,4-5H2,1H3. The third-order valence-corrected chi connectivity index (χ3v) is 2.01. The van der Waals surface area contributed by atoms with Crippen LogP contribution in [0.5, 0.6) is 0 Å². The minimum absolute atomic E-state index is 0.179. The Morgan fingerprint density at radius 3 is 2.75 bits per heavy atom. The SMILES string of the molecule is CN1C(C#CC=O)CCC1(F)F. The molecule has 1 aliphatic heterocycles. The molecule has 1 saturated heterocycles. The number of rotatable bonds is 0. The van der Waals surface area contributed by atoms with E-state index in [0.29, 0.717) is 12.7 Å². The number of hydrogen-bond acceptors (Lipinski definition) is 2. The monoisotopic (exact) mass is 173 g/mol. The molecule has 1 atom stereocenters. The van der Waals surface area contributed by atoms with E-state index in [-0.39, 0.29) is 6.42 Å². The molecule has 0 aromatic heterocycles. The van der Waals surface area contributed by atoms with Crippen molar-refractivity contribution in [1.82, 2.24) is 4.90 Å². The molecule has 1 aliphatic rings. The molecule has 1 fully saturated rings. The Bertz CT molecular complexity index is 241. The third kappa shape index (κ3) is 1.62. The average Bonchev–Trinajstić information content (AvgIpc) is 2.26. The summed E-state index contributed by atoms with van der Waals surface area (Å²) in [6.45, 7) is 0. The van der Waals surface area contributed by atoms with E-state index in [0.717, 1.165) is 4.90 Å². The Hall–Kier alpha value is -0.950. The van der Waals surface area contributed by atoms with E-state index < -0.39 is 12.1 Å². The summed E-state index contributed by atoms with van der Waals surface area (Å²) < 4.78 is 25.6. The van der Waals surface area contributed by atoms with Gasteiger partial charge < -0.3 is 0 Å². The molecule has 0 spiro atoms. The Kier molecular flexibility index (Phi) is 2.43. The van der Waals surface area contributed by atoms with Gasteiger partial charge in [0, 0.05) is 6.42 Å². The Morgan fingerprint density at radius 1 is 1.67 bits per heavy atom. The van der Waals surface area contributed by atoms with E-state index in [2.05, 4.69) is 11.8 Å². The molecular formula is C8H9F2NO. The van der Waals surface area contributed by atoms with Gasteiger partial charge in [-0.05, 0) is 19.4 Å². The Labute approximate surface area is 69.5 Å². The first kappa shape index (κ1) is 9.14. The van der Waals surface area contributed by atoms with Gasteiger partial charge in [0.15, 0.2) is 6.29 Å². The van der Waals surface area contributed by atoms with Crippen LogP contribution in [0.15, 0.2) is 0 Å². The van der Waals surface area contributed by atoms with E-state index in [1.165, 1.54) is 7.05 Å². The molecule has 12 heavy (non-hydrogen) atoms. The largest absolute Gasteiger partial charge is 0.305 e. The second-order valence-corrected chi connectivity index (χ2v) is 2.74. The number of halogens is 2. The van der Waals surface area contributed by atoms with Crippen LogP contribution >= 0.6 is 0 Å². The Balaban J connectivity index is 2.67. The van der Waals surface area contributed by atoms with Gasteiger partial charge in [-0.2, -0.15) is 8.78 Å². The van der Waals surface area contributed by atoms with Crippen molar-refractivity contribution in [2.75, 3.05) is 7.05 Å². The van der Waals surface area contributed by atoms with Crippen LogP contribution in [0.1, 0.15) is 12.8 Å². The number of carbonyl (C=O) groups is 1. The number of nitrogens with zero attached hydrogens (tertiary/aromatic N) is 1.